The Hall–Kier alpha value is -1.26. The highest BCUT2D eigenvalue weighted by Crippen LogP contribution is 2.21. The molecule has 1 N–H and O–H groups in total. The van der Waals surface area contributed by atoms with Crippen LogP contribution in [0.5, 0.6) is 0 Å². The van der Waals surface area contributed by atoms with Gasteiger partial charge >= 0.3 is 5.97 Å². The zero-order valence-corrected chi connectivity index (χ0v) is 10.4. The van der Waals surface area contributed by atoms with E-state index in [4.69, 9.17) is 16.3 Å². The van der Waals surface area contributed by atoms with Crippen LogP contribution in [-0.4, -0.2) is 38.8 Å². The Morgan fingerprint density at radius 3 is 2.82 bits per heavy atom. The van der Waals surface area contributed by atoms with E-state index >= 15 is 0 Å². The SMILES string of the molecule is COC(=O)C1CNCCN1c1ccc(Cl)cc1. The molecule has 1 aliphatic rings. The third-order valence-electron chi connectivity index (χ3n) is 2.87. The molecule has 4 nitrogen and oxygen atoms in total. The Kier molecular flexibility index (Phi) is 3.86. The van der Waals surface area contributed by atoms with Crippen molar-refractivity contribution in [2.75, 3.05) is 31.6 Å². The van der Waals surface area contributed by atoms with E-state index in [-0.39, 0.29) is 12.0 Å². The second-order valence-corrected chi connectivity index (χ2v) is 4.35. The third-order valence-corrected chi connectivity index (χ3v) is 3.13. The maximum Gasteiger partial charge on any atom is 0.329 e. The molecule has 0 radical (unpaired) electrons. The summed E-state index contributed by atoms with van der Waals surface area (Å²) >= 11 is 5.85. The molecule has 2 rings (SSSR count). The van der Waals surface area contributed by atoms with E-state index in [0.717, 1.165) is 18.8 Å². The van der Waals surface area contributed by atoms with Crippen LogP contribution in [0.2, 0.25) is 5.02 Å². The van der Waals surface area contributed by atoms with Gasteiger partial charge in [-0.2, -0.15) is 0 Å². The summed E-state index contributed by atoms with van der Waals surface area (Å²) in [6, 6.07) is 7.23. The predicted molar refractivity (Wildman–Crippen MR) is 67.5 cm³/mol. The van der Waals surface area contributed by atoms with Gasteiger partial charge in [0.25, 0.3) is 0 Å². The number of methoxy groups -OCH3 is 1. The lowest BCUT2D eigenvalue weighted by Crippen LogP contribution is -2.55. The van der Waals surface area contributed by atoms with Crippen LogP contribution in [0.4, 0.5) is 5.69 Å². The van der Waals surface area contributed by atoms with E-state index in [0.29, 0.717) is 11.6 Å². The van der Waals surface area contributed by atoms with E-state index < -0.39 is 0 Å². The molecular weight excluding hydrogens is 240 g/mol. The van der Waals surface area contributed by atoms with E-state index in [1.807, 2.05) is 29.2 Å². The highest BCUT2D eigenvalue weighted by molar-refractivity contribution is 6.30. The lowest BCUT2D eigenvalue weighted by atomic mass is 10.1. The Labute approximate surface area is 106 Å². The van der Waals surface area contributed by atoms with Crippen molar-refractivity contribution in [2.24, 2.45) is 0 Å². The normalized spacial score (nSPS) is 20.1. The van der Waals surface area contributed by atoms with Gasteiger partial charge in [-0.1, -0.05) is 11.6 Å². The highest BCUT2D eigenvalue weighted by Gasteiger charge is 2.29. The Morgan fingerprint density at radius 1 is 1.47 bits per heavy atom. The summed E-state index contributed by atoms with van der Waals surface area (Å²) in [4.78, 5) is 13.7. The van der Waals surface area contributed by atoms with Crippen molar-refractivity contribution in [2.45, 2.75) is 6.04 Å². The molecule has 0 spiro atoms. The summed E-state index contributed by atoms with van der Waals surface area (Å²) in [6.45, 7) is 2.24. The lowest BCUT2D eigenvalue weighted by molar-refractivity contribution is -0.142. The van der Waals surface area contributed by atoms with Gasteiger partial charge in [0, 0.05) is 30.3 Å². The monoisotopic (exact) mass is 254 g/mol. The second kappa shape index (κ2) is 5.38. The number of rotatable bonds is 2. The molecule has 0 aliphatic carbocycles. The Morgan fingerprint density at radius 2 is 2.18 bits per heavy atom. The van der Waals surface area contributed by atoms with Crippen LogP contribution in [-0.2, 0) is 9.53 Å². The number of hydrogen-bond acceptors (Lipinski definition) is 4. The van der Waals surface area contributed by atoms with Crippen molar-refractivity contribution in [1.29, 1.82) is 0 Å². The van der Waals surface area contributed by atoms with Gasteiger partial charge in [-0.05, 0) is 24.3 Å². The van der Waals surface area contributed by atoms with Crippen LogP contribution in [0.3, 0.4) is 0 Å². The summed E-state index contributed by atoms with van der Waals surface area (Å²) < 4.78 is 4.82. The number of carbonyl (C=O) groups is 1. The Bertz CT molecular complexity index is 394. The fourth-order valence-electron chi connectivity index (χ4n) is 1.99. The molecule has 92 valence electrons. The summed E-state index contributed by atoms with van der Waals surface area (Å²) in [5, 5.41) is 3.89. The topological polar surface area (TPSA) is 41.6 Å². The molecular formula is C12H15ClN2O2. The quantitative estimate of drug-likeness (QED) is 0.808. The van der Waals surface area contributed by atoms with Gasteiger partial charge in [-0.25, -0.2) is 4.79 Å². The fourth-order valence-corrected chi connectivity index (χ4v) is 2.12. The van der Waals surface area contributed by atoms with Crippen LogP contribution >= 0.6 is 11.6 Å². The standard InChI is InChI=1S/C12H15ClN2O2/c1-17-12(16)11-8-14-6-7-15(11)10-4-2-9(13)3-5-10/h2-5,11,14H,6-8H2,1H3. The first kappa shape index (κ1) is 12.2. The summed E-state index contributed by atoms with van der Waals surface area (Å²) in [5.74, 6) is -0.216. The first-order valence-electron chi connectivity index (χ1n) is 5.53. The van der Waals surface area contributed by atoms with E-state index in [1.165, 1.54) is 7.11 Å². The number of carbonyl (C=O) groups excluding carboxylic acids is 1. The molecule has 1 aliphatic heterocycles. The van der Waals surface area contributed by atoms with Gasteiger partial charge in [0.05, 0.1) is 7.11 Å². The molecule has 0 amide bonds. The molecule has 1 aromatic carbocycles. The number of ether oxygens (including phenoxy) is 1. The molecule has 1 heterocycles. The molecule has 5 heteroatoms. The van der Waals surface area contributed by atoms with Crippen LogP contribution < -0.4 is 10.2 Å². The van der Waals surface area contributed by atoms with Gasteiger partial charge < -0.3 is 15.0 Å². The molecule has 1 fully saturated rings. The minimum absolute atomic E-state index is 0.216. The minimum Gasteiger partial charge on any atom is -0.467 e. The fraction of sp³-hybridized carbons (Fsp3) is 0.417. The maximum atomic E-state index is 11.7. The largest absolute Gasteiger partial charge is 0.467 e. The summed E-state index contributed by atoms with van der Waals surface area (Å²) in [7, 11) is 1.41. The molecule has 1 atom stereocenters. The first-order chi connectivity index (χ1) is 8.22. The number of nitrogens with zero attached hydrogens (tertiary/aromatic N) is 1. The van der Waals surface area contributed by atoms with Crippen LogP contribution in [0.15, 0.2) is 24.3 Å². The average molecular weight is 255 g/mol. The van der Waals surface area contributed by atoms with Crippen LogP contribution in [0, 0.1) is 0 Å². The zero-order chi connectivity index (χ0) is 12.3. The van der Waals surface area contributed by atoms with E-state index in [1.54, 1.807) is 0 Å². The number of esters is 1. The van der Waals surface area contributed by atoms with Gasteiger partial charge in [-0.3, -0.25) is 0 Å². The van der Waals surface area contributed by atoms with Gasteiger partial charge in [0.1, 0.15) is 6.04 Å². The van der Waals surface area contributed by atoms with Crippen molar-refractivity contribution in [3.05, 3.63) is 29.3 Å². The molecule has 0 aromatic heterocycles. The molecule has 1 aromatic rings. The van der Waals surface area contributed by atoms with Gasteiger partial charge in [0.15, 0.2) is 0 Å². The number of halogens is 1. The molecule has 0 bridgehead atoms. The molecule has 0 saturated carbocycles. The molecule has 1 saturated heterocycles. The number of benzene rings is 1. The Balaban J connectivity index is 2.21. The minimum atomic E-state index is -0.269. The highest BCUT2D eigenvalue weighted by atomic mass is 35.5. The number of anilines is 1. The summed E-state index contributed by atoms with van der Waals surface area (Å²) in [6.07, 6.45) is 0. The zero-order valence-electron chi connectivity index (χ0n) is 9.65. The number of hydrogen-bond donors (Lipinski definition) is 1. The van der Waals surface area contributed by atoms with Gasteiger partial charge in [0.2, 0.25) is 0 Å². The van der Waals surface area contributed by atoms with Crippen molar-refractivity contribution in [3.63, 3.8) is 0 Å². The molecule has 17 heavy (non-hydrogen) atoms. The molecule has 1 unspecified atom stereocenters. The maximum absolute atomic E-state index is 11.7. The van der Waals surface area contributed by atoms with Crippen molar-refractivity contribution in [1.82, 2.24) is 5.32 Å². The first-order valence-corrected chi connectivity index (χ1v) is 5.91. The van der Waals surface area contributed by atoms with Crippen molar-refractivity contribution in [3.8, 4) is 0 Å². The predicted octanol–water partition coefficient (Wildman–Crippen LogP) is 1.29. The van der Waals surface area contributed by atoms with Crippen molar-refractivity contribution >= 4 is 23.3 Å². The van der Waals surface area contributed by atoms with E-state index in [9.17, 15) is 4.79 Å². The third kappa shape index (κ3) is 2.70. The van der Waals surface area contributed by atoms with Crippen LogP contribution in [0.25, 0.3) is 0 Å². The number of nitrogens with one attached hydrogen (secondary N) is 1. The number of piperazine rings is 1. The summed E-state index contributed by atoms with van der Waals surface area (Å²) in [5.41, 5.74) is 0.992. The average Bonchev–Trinajstić information content (AvgIpc) is 2.39. The smallest absolute Gasteiger partial charge is 0.329 e. The van der Waals surface area contributed by atoms with Crippen LogP contribution in [0.1, 0.15) is 0 Å². The van der Waals surface area contributed by atoms with Gasteiger partial charge in [-0.15, -0.1) is 0 Å². The lowest BCUT2D eigenvalue weighted by Gasteiger charge is -2.36. The second-order valence-electron chi connectivity index (χ2n) is 3.91. The van der Waals surface area contributed by atoms with E-state index in [2.05, 4.69) is 5.32 Å². The van der Waals surface area contributed by atoms with Crippen molar-refractivity contribution < 1.29 is 9.53 Å².